The van der Waals surface area contributed by atoms with Crippen molar-refractivity contribution >= 4 is 0 Å². The predicted octanol–water partition coefficient (Wildman–Crippen LogP) is 6.96. The van der Waals surface area contributed by atoms with Gasteiger partial charge in [-0.1, -0.05) is 31.9 Å². The number of hydrogen-bond acceptors (Lipinski definition) is 1. The minimum Gasteiger partial charge on any atom is -0.399 e. The molecule has 0 atom stereocenters. The Kier molecular flexibility index (Phi) is 5.40. The summed E-state index contributed by atoms with van der Waals surface area (Å²) in [4.78, 5) is 0. The number of halogens is 6. The highest BCUT2D eigenvalue weighted by Crippen LogP contribution is 2.38. The summed E-state index contributed by atoms with van der Waals surface area (Å²) in [6, 6.07) is 5.71. The molecule has 0 aliphatic heterocycles. The molecule has 1 fully saturated rings. The van der Waals surface area contributed by atoms with Crippen LogP contribution in [0, 0.1) is 23.4 Å². The molecule has 3 rings (SSSR count). The average molecular weight is 388 g/mol. The highest BCUT2D eigenvalue weighted by Gasteiger charge is 2.34. The van der Waals surface area contributed by atoms with Gasteiger partial charge in [0, 0.05) is 5.56 Å². The number of ether oxygens (including phenoxy) is 1. The van der Waals surface area contributed by atoms with Crippen LogP contribution in [0.1, 0.15) is 44.1 Å². The smallest absolute Gasteiger partial charge is 0.399 e. The van der Waals surface area contributed by atoms with Crippen LogP contribution in [0.4, 0.5) is 26.3 Å². The van der Waals surface area contributed by atoms with Gasteiger partial charge in [0.2, 0.25) is 5.75 Å². The van der Waals surface area contributed by atoms with Gasteiger partial charge in [0.15, 0.2) is 11.6 Å². The maximum Gasteiger partial charge on any atom is 0.573 e. The van der Waals surface area contributed by atoms with Crippen LogP contribution >= 0.6 is 0 Å². The van der Waals surface area contributed by atoms with Gasteiger partial charge in [-0.3, -0.25) is 0 Å². The molecule has 0 unspecified atom stereocenters. The van der Waals surface area contributed by atoms with E-state index in [0.29, 0.717) is 18.1 Å². The molecular weight excluding hydrogens is 370 g/mol. The van der Waals surface area contributed by atoms with Crippen LogP contribution in [-0.2, 0) is 0 Å². The van der Waals surface area contributed by atoms with Crippen LogP contribution in [-0.4, -0.2) is 6.36 Å². The van der Waals surface area contributed by atoms with Crippen LogP contribution in [0.2, 0.25) is 0 Å². The van der Waals surface area contributed by atoms with E-state index in [2.05, 4.69) is 11.7 Å². The highest BCUT2D eigenvalue weighted by molar-refractivity contribution is 5.66. The second-order valence-electron chi connectivity index (χ2n) is 7.01. The standard InChI is InChI=1S/C20H18F6O/c1-11-2-4-12(5-3-11)13-6-7-15(16(21)8-13)14-9-17(22)19(18(23)10-14)27-20(24,25)26/h6-12H,2-5H2,1H3. The summed E-state index contributed by atoms with van der Waals surface area (Å²) in [6.07, 6.45) is -1.21. The first-order chi connectivity index (χ1) is 12.6. The van der Waals surface area contributed by atoms with E-state index in [-0.39, 0.29) is 17.0 Å². The molecule has 2 aromatic rings. The molecule has 1 aliphatic rings. The van der Waals surface area contributed by atoms with E-state index in [1.54, 1.807) is 6.07 Å². The minimum atomic E-state index is -5.23. The molecule has 0 N–H and O–H groups in total. The summed E-state index contributed by atoms with van der Waals surface area (Å²) in [6.45, 7) is 2.18. The van der Waals surface area contributed by atoms with Crippen molar-refractivity contribution in [3.8, 4) is 16.9 Å². The van der Waals surface area contributed by atoms with Gasteiger partial charge >= 0.3 is 6.36 Å². The predicted molar refractivity (Wildman–Crippen MR) is 88.8 cm³/mol. The fourth-order valence-electron chi connectivity index (χ4n) is 3.54. The average Bonchev–Trinajstić information content (AvgIpc) is 2.58. The quantitative estimate of drug-likeness (QED) is 0.516. The lowest BCUT2D eigenvalue weighted by Gasteiger charge is -2.26. The molecule has 0 saturated heterocycles. The van der Waals surface area contributed by atoms with Gasteiger partial charge in [-0.15, -0.1) is 13.2 Å². The maximum atomic E-state index is 14.5. The zero-order valence-corrected chi connectivity index (χ0v) is 14.5. The first-order valence-corrected chi connectivity index (χ1v) is 8.68. The van der Waals surface area contributed by atoms with Crippen molar-refractivity contribution in [3.05, 3.63) is 53.3 Å². The summed E-state index contributed by atoms with van der Waals surface area (Å²) >= 11 is 0. The Morgan fingerprint density at radius 2 is 1.44 bits per heavy atom. The monoisotopic (exact) mass is 388 g/mol. The van der Waals surface area contributed by atoms with Crippen LogP contribution in [0.3, 0.4) is 0 Å². The van der Waals surface area contributed by atoms with Gasteiger partial charge in [0.1, 0.15) is 5.82 Å². The summed E-state index contributed by atoms with van der Waals surface area (Å²) in [5.41, 5.74) is 0.543. The molecule has 7 heteroatoms. The van der Waals surface area contributed by atoms with Crippen molar-refractivity contribution in [1.29, 1.82) is 0 Å². The second-order valence-corrected chi connectivity index (χ2v) is 7.01. The fourth-order valence-corrected chi connectivity index (χ4v) is 3.54. The summed E-state index contributed by atoms with van der Waals surface area (Å²) < 4.78 is 82.3. The lowest BCUT2D eigenvalue weighted by molar-refractivity contribution is -0.276. The van der Waals surface area contributed by atoms with Gasteiger partial charge in [0.25, 0.3) is 0 Å². The van der Waals surface area contributed by atoms with E-state index >= 15 is 0 Å². The molecule has 0 amide bonds. The van der Waals surface area contributed by atoms with E-state index in [9.17, 15) is 26.3 Å². The van der Waals surface area contributed by atoms with E-state index in [1.165, 1.54) is 12.1 Å². The van der Waals surface area contributed by atoms with E-state index in [4.69, 9.17) is 0 Å². The van der Waals surface area contributed by atoms with E-state index in [1.807, 2.05) is 0 Å². The lowest BCUT2D eigenvalue weighted by Crippen LogP contribution is -2.19. The largest absolute Gasteiger partial charge is 0.573 e. The Hall–Kier alpha value is -2.18. The number of hydrogen-bond donors (Lipinski definition) is 0. The van der Waals surface area contributed by atoms with Gasteiger partial charge < -0.3 is 4.74 Å². The SMILES string of the molecule is CC1CCC(c2ccc(-c3cc(F)c(OC(F)(F)F)c(F)c3)c(F)c2)CC1. The minimum absolute atomic E-state index is 0.0840. The van der Waals surface area contributed by atoms with Gasteiger partial charge in [-0.05, 0) is 54.0 Å². The first-order valence-electron chi connectivity index (χ1n) is 8.68. The maximum absolute atomic E-state index is 14.5. The van der Waals surface area contributed by atoms with Crippen LogP contribution < -0.4 is 4.74 Å². The third-order valence-corrected chi connectivity index (χ3v) is 5.01. The third-order valence-electron chi connectivity index (χ3n) is 5.01. The van der Waals surface area contributed by atoms with Crippen molar-refractivity contribution in [2.75, 3.05) is 0 Å². The molecule has 0 spiro atoms. The molecule has 0 heterocycles. The summed E-state index contributed by atoms with van der Waals surface area (Å²) in [5, 5.41) is 0. The molecular formula is C20H18F6O. The van der Waals surface area contributed by atoms with Gasteiger partial charge in [0.05, 0.1) is 0 Å². The van der Waals surface area contributed by atoms with Crippen LogP contribution in [0.25, 0.3) is 11.1 Å². The Morgan fingerprint density at radius 3 is 1.96 bits per heavy atom. The molecule has 27 heavy (non-hydrogen) atoms. The van der Waals surface area contributed by atoms with Gasteiger partial charge in [-0.25, -0.2) is 13.2 Å². The molecule has 0 aromatic heterocycles. The molecule has 1 aliphatic carbocycles. The zero-order chi connectivity index (χ0) is 19.8. The number of rotatable bonds is 3. The third kappa shape index (κ3) is 4.57. The van der Waals surface area contributed by atoms with Gasteiger partial charge in [-0.2, -0.15) is 0 Å². The lowest BCUT2D eigenvalue weighted by atomic mass is 9.79. The Balaban J connectivity index is 1.88. The van der Waals surface area contributed by atoms with Crippen molar-refractivity contribution in [3.63, 3.8) is 0 Å². The highest BCUT2D eigenvalue weighted by atomic mass is 19.4. The van der Waals surface area contributed by atoms with E-state index < -0.39 is 29.6 Å². The normalized spacial score (nSPS) is 20.6. The Morgan fingerprint density at radius 1 is 0.852 bits per heavy atom. The molecule has 0 radical (unpaired) electrons. The Labute approximate surface area is 153 Å². The summed E-state index contributed by atoms with van der Waals surface area (Å²) in [5.74, 6) is -4.44. The Bertz CT molecular complexity index is 799. The molecule has 1 nitrogen and oxygen atoms in total. The molecule has 2 aromatic carbocycles. The van der Waals surface area contributed by atoms with Crippen molar-refractivity contribution < 1.29 is 31.1 Å². The van der Waals surface area contributed by atoms with Crippen LogP contribution in [0.5, 0.6) is 5.75 Å². The topological polar surface area (TPSA) is 9.23 Å². The zero-order valence-electron chi connectivity index (χ0n) is 14.5. The number of benzene rings is 2. The first kappa shape index (κ1) is 19.6. The molecule has 1 saturated carbocycles. The van der Waals surface area contributed by atoms with Crippen molar-refractivity contribution in [2.45, 2.75) is 44.9 Å². The molecule has 146 valence electrons. The summed E-state index contributed by atoms with van der Waals surface area (Å²) in [7, 11) is 0. The van der Waals surface area contributed by atoms with Crippen LogP contribution in [0.15, 0.2) is 30.3 Å². The molecule has 0 bridgehead atoms. The second kappa shape index (κ2) is 7.44. The fraction of sp³-hybridized carbons (Fsp3) is 0.400. The van der Waals surface area contributed by atoms with E-state index in [0.717, 1.165) is 31.2 Å². The van der Waals surface area contributed by atoms with Crippen molar-refractivity contribution in [2.24, 2.45) is 5.92 Å². The van der Waals surface area contributed by atoms with Crippen molar-refractivity contribution in [1.82, 2.24) is 0 Å². The number of alkyl halides is 3.